The van der Waals surface area contributed by atoms with Crippen molar-refractivity contribution in [2.45, 2.75) is 44.4 Å². The summed E-state index contributed by atoms with van der Waals surface area (Å²) in [6.07, 6.45) is 5.93. The molecule has 0 aliphatic carbocycles. The van der Waals surface area contributed by atoms with Gasteiger partial charge in [0.05, 0.1) is 31.1 Å². The molecule has 3 unspecified atom stereocenters. The van der Waals surface area contributed by atoms with E-state index in [-0.39, 0.29) is 24.0 Å². The van der Waals surface area contributed by atoms with Gasteiger partial charge in [-0.05, 0) is 69.6 Å². The van der Waals surface area contributed by atoms with Crippen molar-refractivity contribution < 1.29 is 23.4 Å². The summed E-state index contributed by atoms with van der Waals surface area (Å²) in [5, 5.41) is 4.71. The highest BCUT2D eigenvalue weighted by atomic mass is 19.1. The van der Waals surface area contributed by atoms with Crippen molar-refractivity contribution in [2.24, 2.45) is 0 Å². The molecular weight excluding hydrogens is 475 g/mol. The second-order valence-electron chi connectivity index (χ2n) is 9.83. The van der Waals surface area contributed by atoms with Crippen LogP contribution in [0.15, 0.2) is 48.8 Å². The Morgan fingerprint density at radius 3 is 2.62 bits per heavy atom. The number of rotatable bonds is 5. The second-order valence-corrected chi connectivity index (χ2v) is 9.83. The van der Waals surface area contributed by atoms with Gasteiger partial charge in [-0.3, -0.25) is 9.58 Å². The number of hydrogen-bond donors (Lipinski definition) is 0. The molecule has 9 heteroatoms. The van der Waals surface area contributed by atoms with Crippen LogP contribution in [-0.2, 0) is 15.9 Å². The third-order valence-electron chi connectivity index (χ3n) is 7.44. The van der Waals surface area contributed by atoms with Crippen LogP contribution in [0.4, 0.5) is 14.9 Å². The van der Waals surface area contributed by atoms with Crippen LogP contribution < -0.4 is 9.64 Å². The fourth-order valence-electron chi connectivity index (χ4n) is 5.40. The first-order chi connectivity index (χ1) is 17.9. The summed E-state index contributed by atoms with van der Waals surface area (Å²) in [6.45, 7) is 3.82. The van der Waals surface area contributed by atoms with Crippen molar-refractivity contribution in [1.29, 1.82) is 0 Å². The largest absolute Gasteiger partial charge is 0.456 e. The van der Waals surface area contributed by atoms with Gasteiger partial charge >= 0.3 is 6.09 Å². The number of likely N-dealkylation sites (tertiary alicyclic amines) is 1. The van der Waals surface area contributed by atoms with Gasteiger partial charge in [-0.2, -0.15) is 5.10 Å². The smallest absolute Gasteiger partial charge is 0.414 e. The van der Waals surface area contributed by atoms with E-state index in [1.54, 1.807) is 24.1 Å². The molecule has 37 heavy (non-hydrogen) atoms. The molecule has 2 aliphatic heterocycles. The van der Waals surface area contributed by atoms with Gasteiger partial charge in [0.2, 0.25) is 0 Å². The highest BCUT2D eigenvalue weighted by Crippen LogP contribution is 2.45. The average Bonchev–Trinajstić information content (AvgIpc) is 3.39. The Balaban J connectivity index is 1.58. The van der Waals surface area contributed by atoms with E-state index >= 15 is 0 Å². The number of nitrogens with zero attached hydrogens (tertiary/aromatic N) is 4. The Labute approximate surface area is 216 Å². The highest BCUT2D eigenvalue weighted by Gasteiger charge is 2.33. The van der Waals surface area contributed by atoms with E-state index in [1.807, 2.05) is 36.1 Å². The normalized spacial score (nSPS) is 22.0. The van der Waals surface area contributed by atoms with Crippen LogP contribution in [0.25, 0.3) is 11.1 Å². The van der Waals surface area contributed by atoms with Crippen LogP contribution in [-0.4, -0.2) is 67.3 Å². The van der Waals surface area contributed by atoms with E-state index < -0.39 is 6.09 Å². The minimum atomic E-state index is -0.408. The first-order valence-corrected chi connectivity index (χ1v) is 12.6. The summed E-state index contributed by atoms with van der Waals surface area (Å²) in [4.78, 5) is 16.6. The van der Waals surface area contributed by atoms with Crippen LogP contribution in [0.1, 0.15) is 31.4 Å². The van der Waals surface area contributed by atoms with Gasteiger partial charge in [-0.15, -0.1) is 0 Å². The summed E-state index contributed by atoms with van der Waals surface area (Å²) in [5.74, 6) is 0.818. The molecule has 3 aromatic rings. The quantitative estimate of drug-likeness (QED) is 0.467. The van der Waals surface area contributed by atoms with Crippen molar-refractivity contribution in [2.75, 3.05) is 39.3 Å². The van der Waals surface area contributed by atoms with E-state index in [1.165, 1.54) is 19.2 Å². The number of fused-ring (bicyclic) bond motifs is 1. The van der Waals surface area contributed by atoms with Gasteiger partial charge in [0, 0.05) is 49.1 Å². The van der Waals surface area contributed by atoms with Gasteiger partial charge in [-0.1, -0.05) is 0 Å². The number of likely N-dealkylation sites (N-methyl/N-ethyl adjacent to an activating group) is 1. The van der Waals surface area contributed by atoms with Crippen molar-refractivity contribution in [1.82, 2.24) is 14.7 Å². The minimum absolute atomic E-state index is 0.0115. The van der Waals surface area contributed by atoms with E-state index in [2.05, 4.69) is 11.9 Å². The number of aromatic nitrogens is 2. The fourth-order valence-corrected chi connectivity index (χ4v) is 5.40. The summed E-state index contributed by atoms with van der Waals surface area (Å²) in [5.41, 5.74) is 3.42. The first-order valence-electron chi connectivity index (χ1n) is 12.6. The van der Waals surface area contributed by atoms with Crippen molar-refractivity contribution in [3.05, 3.63) is 60.2 Å². The van der Waals surface area contributed by atoms with Gasteiger partial charge < -0.3 is 19.1 Å². The molecule has 2 aliphatic rings. The van der Waals surface area contributed by atoms with Crippen LogP contribution in [0.2, 0.25) is 0 Å². The van der Waals surface area contributed by atoms with E-state index in [9.17, 15) is 9.18 Å². The number of amides is 1. The number of halogens is 1. The lowest BCUT2D eigenvalue weighted by Crippen LogP contribution is -2.43. The zero-order chi connectivity index (χ0) is 26.1. The number of anilines is 1. The molecule has 1 saturated heterocycles. The fraction of sp³-hybridized carbons (Fsp3) is 0.429. The summed E-state index contributed by atoms with van der Waals surface area (Å²) in [6, 6.07) is 9.97. The number of piperidine rings is 1. The molecule has 8 nitrogen and oxygen atoms in total. The Morgan fingerprint density at radius 1 is 1.11 bits per heavy atom. The Morgan fingerprint density at radius 2 is 1.89 bits per heavy atom. The van der Waals surface area contributed by atoms with Crippen LogP contribution in [0, 0.1) is 5.82 Å². The van der Waals surface area contributed by atoms with Gasteiger partial charge in [0.15, 0.2) is 0 Å². The number of carbonyl (C=O) groups is 1. The third kappa shape index (κ3) is 4.93. The molecule has 0 spiro atoms. The van der Waals surface area contributed by atoms with Crippen LogP contribution in [0.5, 0.6) is 11.5 Å². The maximum Gasteiger partial charge on any atom is 0.414 e. The zero-order valence-corrected chi connectivity index (χ0v) is 21.7. The molecular formula is C28H33FN4O4. The zero-order valence-electron chi connectivity index (χ0n) is 21.7. The lowest BCUT2D eigenvalue weighted by Gasteiger charge is -2.36. The van der Waals surface area contributed by atoms with Crippen molar-refractivity contribution in [3.8, 4) is 22.6 Å². The lowest BCUT2D eigenvalue weighted by molar-refractivity contribution is -0.00195. The number of benzene rings is 2. The Bertz CT molecular complexity index is 1260. The molecule has 0 radical (unpaired) electrons. The lowest BCUT2D eigenvalue weighted by atomic mass is 9.92. The average molecular weight is 509 g/mol. The molecule has 0 saturated carbocycles. The number of ether oxygens (including phenoxy) is 3. The standard InChI is InChI=1S/C28H33FN4O4/c1-18-5-10-23-24(33(18)28(34)36-4)12-11-22(27(23)37-21-8-6-20(29)7-9-21)19-15-30-32(16-19)25-13-14-31(2)17-26(25)35-3/h6-9,11-12,15-16,18,25-26H,5,10,13-14,17H2,1-4H3. The van der Waals surface area contributed by atoms with Crippen LogP contribution in [0.3, 0.4) is 0 Å². The minimum Gasteiger partial charge on any atom is -0.456 e. The monoisotopic (exact) mass is 508 g/mol. The first kappa shape index (κ1) is 25.2. The summed E-state index contributed by atoms with van der Waals surface area (Å²) < 4.78 is 32.8. The second kappa shape index (κ2) is 10.5. The maximum atomic E-state index is 13.6. The highest BCUT2D eigenvalue weighted by molar-refractivity contribution is 5.92. The molecule has 5 rings (SSSR count). The maximum absolute atomic E-state index is 13.6. The molecule has 0 N–H and O–H groups in total. The molecule has 3 atom stereocenters. The summed E-state index contributed by atoms with van der Waals surface area (Å²) in [7, 11) is 5.23. The van der Waals surface area contributed by atoms with Crippen LogP contribution >= 0.6 is 0 Å². The third-order valence-corrected chi connectivity index (χ3v) is 7.44. The topological polar surface area (TPSA) is 69.1 Å². The summed E-state index contributed by atoms with van der Waals surface area (Å²) >= 11 is 0. The van der Waals surface area contributed by atoms with Gasteiger partial charge in [0.25, 0.3) is 0 Å². The number of methoxy groups -OCH3 is 2. The number of carbonyl (C=O) groups excluding carboxylic acids is 1. The molecule has 1 amide bonds. The molecule has 1 fully saturated rings. The van der Waals surface area contributed by atoms with E-state index in [4.69, 9.17) is 19.3 Å². The van der Waals surface area contributed by atoms with E-state index in [0.717, 1.165) is 54.7 Å². The number of hydrogen-bond acceptors (Lipinski definition) is 6. The molecule has 1 aromatic heterocycles. The molecule has 0 bridgehead atoms. The molecule has 2 aromatic carbocycles. The molecule has 3 heterocycles. The van der Waals surface area contributed by atoms with Gasteiger partial charge in [0.1, 0.15) is 17.3 Å². The predicted octanol–water partition coefficient (Wildman–Crippen LogP) is 5.28. The molecule has 196 valence electrons. The van der Waals surface area contributed by atoms with Gasteiger partial charge in [-0.25, -0.2) is 9.18 Å². The Hall–Kier alpha value is -3.43. The SMILES string of the molecule is COC(=O)N1c2ccc(-c3cnn(C4CCN(C)CC4OC)c3)c(Oc3ccc(F)cc3)c2CCC1C. The van der Waals surface area contributed by atoms with Crippen molar-refractivity contribution >= 4 is 11.8 Å². The van der Waals surface area contributed by atoms with Crippen molar-refractivity contribution in [3.63, 3.8) is 0 Å². The Kier molecular flexibility index (Phi) is 7.17. The predicted molar refractivity (Wildman–Crippen MR) is 139 cm³/mol. The van der Waals surface area contributed by atoms with E-state index in [0.29, 0.717) is 11.5 Å².